The van der Waals surface area contributed by atoms with Crippen molar-refractivity contribution in [3.05, 3.63) is 47.8 Å². The molecule has 1 spiro atoms. The van der Waals surface area contributed by atoms with Crippen molar-refractivity contribution in [3.63, 3.8) is 0 Å². The van der Waals surface area contributed by atoms with Crippen LogP contribution in [0.4, 0.5) is 5.69 Å². The standard InChI is InChI=1S/C37H51N5O4/c1-34(11-5-12-34)23-38-33(45)37(19-21-46-24-37)26-6-4-7-27(22-26)40-32(44)30(41-31(43)28-10-20-39-42(28)3)29(35(2)15-16-35)25-8-13-36(14-9-25)17-18-36/h4,6-7,10,20,22,25,29-30H,5,8-9,11-19,21,23-24H2,1-3H3,(H,38,45)(H,40,44)(H,41,43)/t29?,30-,37?/m0/s1. The summed E-state index contributed by atoms with van der Waals surface area (Å²) in [6, 6.07) is 8.70. The van der Waals surface area contributed by atoms with E-state index in [0.717, 1.165) is 44.1 Å². The van der Waals surface area contributed by atoms with Gasteiger partial charge in [0.1, 0.15) is 11.7 Å². The summed E-state index contributed by atoms with van der Waals surface area (Å²) in [5.74, 6) is -0.0616. The van der Waals surface area contributed by atoms with Gasteiger partial charge in [-0.05, 0) is 122 Å². The summed E-state index contributed by atoms with van der Waals surface area (Å²) in [5, 5.41) is 13.8. The molecule has 1 aliphatic heterocycles. The van der Waals surface area contributed by atoms with E-state index in [4.69, 9.17) is 4.74 Å². The number of carbonyl (C=O) groups is 3. The first-order chi connectivity index (χ1) is 22.0. The molecule has 7 rings (SSSR count). The molecular formula is C37H51N5O4. The van der Waals surface area contributed by atoms with Gasteiger partial charge in [0.15, 0.2) is 0 Å². The zero-order valence-electron chi connectivity index (χ0n) is 27.8. The van der Waals surface area contributed by atoms with Crippen molar-refractivity contribution >= 4 is 23.4 Å². The molecule has 3 amide bonds. The third-order valence-electron chi connectivity index (χ3n) is 12.8. The van der Waals surface area contributed by atoms with Gasteiger partial charge in [-0.3, -0.25) is 19.1 Å². The fourth-order valence-electron chi connectivity index (χ4n) is 8.83. The molecule has 5 fully saturated rings. The second-order valence-corrected chi connectivity index (χ2v) is 16.1. The molecule has 2 unspecified atom stereocenters. The van der Waals surface area contributed by atoms with Crippen LogP contribution in [-0.4, -0.2) is 53.3 Å². The average Bonchev–Trinajstić information content (AvgIpc) is 3.83. The van der Waals surface area contributed by atoms with Gasteiger partial charge in [-0.2, -0.15) is 5.10 Å². The van der Waals surface area contributed by atoms with E-state index in [1.54, 1.807) is 24.0 Å². The number of nitrogens with zero attached hydrogens (tertiary/aromatic N) is 2. The maximum Gasteiger partial charge on any atom is 0.270 e. The van der Waals surface area contributed by atoms with E-state index in [1.807, 2.05) is 24.3 Å². The molecule has 46 heavy (non-hydrogen) atoms. The van der Waals surface area contributed by atoms with Gasteiger partial charge in [-0.15, -0.1) is 0 Å². The lowest BCUT2D eigenvalue weighted by atomic mass is 9.66. The number of hydrogen-bond donors (Lipinski definition) is 3. The number of aryl methyl sites for hydroxylation is 1. The quantitative estimate of drug-likeness (QED) is 0.304. The predicted molar refractivity (Wildman–Crippen MR) is 176 cm³/mol. The average molecular weight is 630 g/mol. The van der Waals surface area contributed by atoms with Crippen molar-refractivity contribution < 1.29 is 19.1 Å². The molecule has 9 nitrogen and oxygen atoms in total. The van der Waals surface area contributed by atoms with Gasteiger partial charge in [-0.25, -0.2) is 0 Å². The Hall–Kier alpha value is -3.20. The molecule has 0 bridgehead atoms. The van der Waals surface area contributed by atoms with Crippen LogP contribution in [0.15, 0.2) is 36.5 Å². The summed E-state index contributed by atoms with van der Waals surface area (Å²) in [7, 11) is 1.75. The Bertz CT molecular complexity index is 1470. The second-order valence-electron chi connectivity index (χ2n) is 16.1. The normalized spacial score (nSPS) is 26.8. The molecule has 9 heteroatoms. The van der Waals surface area contributed by atoms with Crippen molar-refractivity contribution in [2.24, 2.45) is 35.1 Å². The molecule has 4 aliphatic carbocycles. The fraction of sp³-hybridized carbons (Fsp3) is 0.676. The van der Waals surface area contributed by atoms with Crippen molar-refractivity contribution in [1.82, 2.24) is 20.4 Å². The number of nitrogens with one attached hydrogen (secondary N) is 3. The van der Waals surface area contributed by atoms with Crippen LogP contribution in [0, 0.1) is 28.1 Å². The summed E-state index contributed by atoms with van der Waals surface area (Å²) >= 11 is 0. The minimum Gasteiger partial charge on any atom is -0.380 e. The lowest BCUT2D eigenvalue weighted by molar-refractivity contribution is -0.127. The van der Waals surface area contributed by atoms with E-state index in [-0.39, 0.29) is 34.5 Å². The van der Waals surface area contributed by atoms with Crippen LogP contribution in [0.25, 0.3) is 0 Å². The summed E-state index contributed by atoms with van der Waals surface area (Å²) < 4.78 is 7.37. The topological polar surface area (TPSA) is 114 Å². The Labute approximate surface area is 273 Å². The van der Waals surface area contributed by atoms with Gasteiger partial charge in [-0.1, -0.05) is 32.4 Å². The molecule has 3 atom stereocenters. The number of rotatable bonds is 11. The van der Waals surface area contributed by atoms with E-state index < -0.39 is 11.5 Å². The summed E-state index contributed by atoms with van der Waals surface area (Å²) in [5.41, 5.74) is 1.86. The molecule has 4 saturated carbocycles. The van der Waals surface area contributed by atoms with E-state index in [2.05, 4.69) is 34.9 Å². The number of carbonyl (C=O) groups excluding carboxylic acids is 3. The number of amides is 3. The summed E-state index contributed by atoms with van der Waals surface area (Å²) in [6.45, 7) is 6.04. The maximum atomic E-state index is 14.4. The minimum absolute atomic E-state index is 0.00428. The Morgan fingerprint density at radius 2 is 1.76 bits per heavy atom. The third-order valence-corrected chi connectivity index (χ3v) is 12.8. The zero-order chi connectivity index (χ0) is 32.2. The highest BCUT2D eigenvalue weighted by molar-refractivity contribution is 6.01. The molecule has 2 aromatic rings. The first kappa shape index (κ1) is 31.4. The predicted octanol–water partition coefficient (Wildman–Crippen LogP) is 5.51. The second kappa shape index (κ2) is 11.8. The van der Waals surface area contributed by atoms with Crippen LogP contribution in [0.5, 0.6) is 0 Å². The first-order valence-electron chi connectivity index (χ1n) is 17.6. The number of aromatic nitrogens is 2. The summed E-state index contributed by atoms with van der Waals surface area (Å²) in [4.78, 5) is 41.8. The van der Waals surface area contributed by atoms with Crippen molar-refractivity contribution in [1.29, 1.82) is 0 Å². The molecule has 1 aromatic carbocycles. The number of anilines is 1. The number of ether oxygens (including phenoxy) is 1. The van der Waals surface area contributed by atoms with E-state index in [1.165, 1.54) is 32.1 Å². The highest BCUT2D eigenvalue weighted by atomic mass is 16.5. The molecule has 1 saturated heterocycles. The highest BCUT2D eigenvalue weighted by Crippen LogP contribution is 2.62. The fourth-order valence-corrected chi connectivity index (χ4v) is 8.83. The molecule has 1 aromatic heterocycles. The molecule has 5 aliphatic rings. The van der Waals surface area contributed by atoms with E-state index >= 15 is 0 Å². The van der Waals surface area contributed by atoms with Crippen molar-refractivity contribution in [3.8, 4) is 0 Å². The van der Waals surface area contributed by atoms with Crippen LogP contribution < -0.4 is 16.0 Å². The third kappa shape index (κ3) is 6.00. The van der Waals surface area contributed by atoms with Gasteiger partial charge >= 0.3 is 0 Å². The number of hydrogen-bond acceptors (Lipinski definition) is 5. The zero-order valence-corrected chi connectivity index (χ0v) is 27.8. The smallest absolute Gasteiger partial charge is 0.270 e. The van der Waals surface area contributed by atoms with Gasteiger partial charge in [0.25, 0.3) is 5.91 Å². The Balaban J connectivity index is 1.14. The molecule has 0 radical (unpaired) electrons. The summed E-state index contributed by atoms with van der Waals surface area (Å²) in [6.07, 6.45) is 15.2. The van der Waals surface area contributed by atoms with Crippen molar-refractivity contribution in [2.75, 3.05) is 25.1 Å². The largest absolute Gasteiger partial charge is 0.380 e. The molecule has 2 heterocycles. The van der Waals surface area contributed by atoms with Crippen LogP contribution in [0.1, 0.15) is 107 Å². The van der Waals surface area contributed by atoms with Crippen molar-refractivity contribution in [2.45, 2.75) is 102 Å². The SMILES string of the molecule is Cn1nccc1C(=O)N[C@H](C(=O)Nc1cccc(C2(C(=O)NCC3(C)CCC3)CCOC2)c1)C(C1CCC2(CC1)CC2)C1(C)CC1. The van der Waals surface area contributed by atoms with Crippen LogP contribution >= 0.6 is 0 Å². The highest BCUT2D eigenvalue weighted by Gasteiger charge is 2.56. The van der Waals surface area contributed by atoms with Gasteiger partial charge in [0.05, 0.1) is 12.0 Å². The van der Waals surface area contributed by atoms with E-state index in [9.17, 15) is 14.4 Å². The lowest BCUT2D eigenvalue weighted by Crippen LogP contribution is -2.53. The molecular weight excluding hydrogens is 578 g/mol. The Morgan fingerprint density at radius 1 is 1.00 bits per heavy atom. The van der Waals surface area contributed by atoms with Gasteiger partial charge in [0.2, 0.25) is 11.8 Å². The maximum absolute atomic E-state index is 14.4. The van der Waals surface area contributed by atoms with Gasteiger partial charge < -0.3 is 20.7 Å². The Morgan fingerprint density at radius 3 is 2.35 bits per heavy atom. The molecule has 3 N–H and O–H groups in total. The molecule has 248 valence electrons. The number of benzene rings is 1. The van der Waals surface area contributed by atoms with Crippen LogP contribution in [-0.2, 0) is 26.8 Å². The first-order valence-corrected chi connectivity index (χ1v) is 17.6. The van der Waals surface area contributed by atoms with Crippen LogP contribution in [0.3, 0.4) is 0 Å². The van der Waals surface area contributed by atoms with Gasteiger partial charge in [0, 0.05) is 32.1 Å². The Kier molecular flexibility index (Phi) is 8.05. The monoisotopic (exact) mass is 629 g/mol. The minimum atomic E-state index is -0.793. The van der Waals surface area contributed by atoms with E-state index in [0.29, 0.717) is 48.9 Å². The van der Waals surface area contributed by atoms with Crippen LogP contribution in [0.2, 0.25) is 0 Å². The lowest BCUT2D eigenvalue weighted by Gasteiger charge is -2.41.